The van der Waals surface area contributed by atoms with Gasteiger partial charge in [-0.1, -0.05) is 50.1 Å². The lowest BCUT2D eigenvalue weighted by atomic mass is 10.2. The number of Topliss-reactive ketones (excluding diaryl/α,β-unsaturated/α-hetero) is 1. The second-order valence-corrected chi connectivity index (χ2v) is 7.35. The average Bonchev–Trinajstić information content (AvgIpc) is 2.82. The van der Waals surface area contributed by atoms with Crippen molar-refractivity contribution >= 4 is 60.2 Å². The van der Waals surface area contributed by atoms with Crippen LogP contribution in [0.3, 0.4) is 0 Å². The number of carbonyl (C=O) groups excluding carboxylic acids is 2. The molecule has 0 saturated carbocycles. The average molecular weight is 439 g/mol. The Balaban J connectivity index is 1.85. The van der Waals surface area contributed by atoms with Gasteiger partial charge >= 0.3 is 0 Å². The molecule has 0 radical (unpaired) electrons. The van der Waals surface area contributed by atoms with Crippen LogP contribution >= 0.6 is 43.6 Å². The molecule has 0 bridgehead atoms. The number of amides is 1. The number of thioether (sulfide) groups is 1. The topological polar surface area (TPSA) is 46.5 Å². The summed E-state index contributed by atoms with van der Waals surface area (Å²) < 4.78 is 1.74. The number of ketones is 1. The minimum atomic E-state index is -0.282. The molecule has 3 nitrogen and oxygen atoms in total. The normalized spacial score (nSPS) is 13.0. The highest BCUT2D eigenvalue weighted by molar-refractivity contribution is 9.10. The molecule has 3 rings (SSSR count). The van der Waals surface area contributed by atoms with Gasteiger partial charge in [0.2, 0.25) is 0 Å². The Labute approximate surface area is 147 Å². The molecule has 110 valence electrons. The summed E-state index contributed by atoms with van der Waals surface area (Å²) in [6.07, 6.45) is 0. The lowest BCUT2D eigenvalue weighted by Gasteiger charge is -2.02. The van der Waals surface area contributed by atoms with Crippen LogP contribution in [0.15, 0.2) is 56.4 Å². The van der Waals surface area contributed by atoms with Gasteiger partial charge in [-0.15, -0.1) is 11.8 Å². The Bertz CT molecular complexity index is 891. The highest BCUT2D eigenvalue weighted by Gasteiger charge is 2.20. The van der Waals surface area contributed by atoms with Crippen LogP contribution in [0.25, 0.3) is 4.91 Å². The largest absolute Gasteiger partial charge is 0.293 e. The monoisotopic (exact) mass is 437 g/mol. The molecule has 2 aromatic rings. The van der Waals surface area contributed by atoms with Gasteiger partial charge in [0.15, 0.2) is 5.78 Å². The molecule has 22 heavy (non-hydrogen) atoms. The van der Waals surface area contributed by atoms with Crippen LogP contribution < -0.4 is 10.6 Å². The number of rotatable bonds is 4. The Kier molecular flexibility index (Phi) is 4.61. The van der Waals surface area contributed by atoms with Gasteiger partial charge in [0, 0.05) is 19.7 Å². The third-order valence-corrected chi connectivity index (χ3v) is 5.41. The number of fused-ring (bicyclic) bond motifs is 1. The summed E-state index contributed by atoms with van der Waals surface area (Å²) in [5.74, 6) is -0.0901. The molecule has 0 aromatic heterocycles. The Morgan fingerprint density at radius 2 is 1.82 bits per heavy atom. The van der Waals surface area contributed by atoms with Crippen LogP contribution in [0, 0.1) is 0 Å². The summed E-state index contributed by atoms with van der Waals surface area (Å²) in [6, 6.07) is 12.7. The van der Waals surface area contributed by atoms with E-state index in [1.165, 1.54) is 11.8 Å². The minimum Gasteiger partial charge on any atom is -0.293 e. The van der Waals surface area contributed by atoms with Gasteiger partial charge in [-0.2, -0.15) is 0 Å². The summed E-state index contributed by atoms with van der Waals surface area (Å²) >= 11 is 8.02. The lowest BCUT2D eigenvalue weighted by Crippen LogP contribution is -2.23. The number of halogens is 2. The van der Waals surface area contributed by atoms with E-state index in [2.05, 4.69) is 36.9 Å². The van der Waals surface area contributed by atoms with Crippen molar-refractivity contribution in [1.29, 1.82) is 0 Å². The minimum absolute atomic E-state index is 0.0155. The molecule has 0 aliphatic carbocycles. The summed E-state index contributed by atoms with van der Waals surface area (Å²) in [5, 5.41) is 1.43. The zero-order valence-electron chi connectivity index (χ0n) is 11.2. The maximum absolute atomic E-state index is 12.2. The molecule has 0 N–H and O–H groups in total. The van der Waals surface area contributed by atoms with Crippen molar-refractivity contribution in [2.24, 2.45) is 4.99 Å². The molecular weight excluding hydrogens is 430 g/mol. The fourth-order valence-electron chi connectivity index (χ4n) is 2.09. The molecule has 1 amide bonds. The van der Waals surface area contributed by atoms with Crippen molar-refractivity contribution in [2.45, 2.75) is 0 Å². The fraction of sp³-hybridized carbons (Fsp3) is 0.0625. The molecule has 0 fully saturated rings. The fourth-order valence-corrected chi connectivity index (χ4v) is 4.01. The van der Waals surface area contributed by atoms with Gasteiger partial charge < -0.3 is 0 Å². The number of carbonyl (C=O) groups is 2. The van der Waals surface area contributed by atoms with E-state index in [1.54, 1.807) is 18.2 Å². The van der Waals surface area contributed by atoms with E-state index in [0.29, 0.717) is 15.8 Å². The third-order valence-electron chi connectivity index (χ3n) is 3.15. The van der Waals surface area contributed by atoms with Gasteiger partial charge in [0.25, 0.3) is 5.91 Å². The first-order valence-electron chi connectivity index (χ1n) is 6.40. The van der Waals surface area contributed by atoms with E-state index in [1.807, 2.05) is 24.3 Å². The molecule has 1 heterocycles. The maximum Gasteiger partial charge on any atom is 0.284 e. The molecule has 0 unspecified atom stereocenters. The molecule has 2 aromatic carbocycles. The van der Waals surface area contributed by atoms with E-state index in [4.69, 9.17) is 0 Å². The second kappa shape index (κ2) is 6.48. The van der Waals surface area contributed by atoms with Crippen LogP contribution in [-0.4, -0.2) is 17.4 Å². The first-order valence-corrected chi connectivity index (χ1v) is 8.97. The van der Waals surface area contributed by atoms with Crippen LogP contribution in [0.1, 0.15) is 10.4 Å². The Hall–Kier alpha value is -1.24. The van der Waals surface area contributed by atoms with Gasteiger partial charge in [0.05, 0.1) is 16.0 Å². The van der Waals surface area contributed by atoms with Gasteiger partial charge in [-0.05, 0) is 24.3 Å². The van der Waals surface area contributed by atoms with E-state index < -0.39 is 0 Å². The first kappa shape index (κ1) is 15.6. The maximum atomic E-state index is 12.2. The van der Waals surface area contributed by atoms with Crippen molar-refractivity contribution in [3.05, 3.63) is 67.5 Å². The van der Waals surface area contributed by atoms with E-state index in [9.17, 15) is 9.59 Å². The van der Waals surface area contributed by atoms with Crippen molar-refractivity contribution in [1.82, 2.24) is 0 Å². The first-order chi connectivity index (χ1) is 10.6. The molecule has 6 heteroatoms. The van der Waals surface area contributed by atoms with Crippen molar-refractivity contribution in [3.63, 3.8) is 0 Å². The molecule has 0 atom stereocenters. The molecule has 1 aliphatic heterocycles. The van der Waals surface area contributed by atoms with Gasteiger partial charge in [-0.25, -0.2) is 4.99 Å². The van der Waals surface area contributed by atoms with Gasteiger partial charge in [-0.3, -0.25) is 9.59 Å². The van der Waals surface area contributed by atoms with E-state index >= 15 is 0 Å². The third kappa shape index (κ3) is 3.09. The predicted molar refractivity (Wildman–Crippen MR) is 94.3 cm³/mol. The highest BCUT2D eigenvalue weighted by Crippen LogP contribution is 2.22. The van der Waals surface area contributed by atoms with Crippen LogP contribution in [0.2, 0.25) is 0 Å². The number of hydrogen-bond acceptors (Lipinski definition) is 3. The SMILES string of the molecule is O=C1N=c2cccc(Br)c2=C1SCC(=O)c1ccc(Br)cc1. The summed E-state index contributed by atoms with van der Waals surface area (Å²) in [4.78, 5) is 28.8. The smallest absolute Gasteiger partial charge is 0.284 e. The van der Waals surface area contributed by atoms with E-state index in [-0.39, 0.29) is 17.4 Å². The molecule has 0 spiro atoms. The molecule has 1 aliphatic rings. The van der Waals surface area contributed by atoms with Crippen LogP contribution in [0.5, 0.6) is 0 Å². The summed E-state index contributed by atoms with van der Waals surface area (Å²) in [5.41, 5.74) is 0.631. The van der Waals surface area contributed by atoms with Crippen LogP contribution in [0.4, 0.5) is 0 Å². The number of benzene rings is 2. The van der Waals surface area contributed by atoms with Gasteiger partial charge in [0.1, 0.15) is 0 Å². The summed E-state index contributed by atoms with van der Waals surface area (Å²) in [7, 11) is 0. The number of hydrogen-bond donors (Lipinski definition) is 0. The molecular formula is C16H9Br2NO2S. The van der Waals surface area contributed by atoms with Crippen molar-refractivity contribution in [2.75, 3.05) is 5.75 Å². The lowest BCUT2D eigenvalue weighted by molar-refractivity contribution is -0.112. The number of nitrogens with zero attached hydrogens (tertiary/aromatic N) is 1. The van der Waals surface area contributed by atoms with Crippen molar-refractivity contribution < 1.29 is 9.59 Å². The Morgan fingerprint density at radius 3 is 2.55 bits per heavy atom. The standard InChI is InChI=1S/C16H9Br2NO2S/c17-10-6-4-9(5-7-10)13(20)8-22-15-14-11(18)2-1-3-12(14)19-16(15)21/h1-7H,8H2. The second-order valence-electron chi connectivity index (χ2n) is 4.60. The van der Waals surface area contributed by atoms with E-state index in [0.717, 1.165) is 14.2 Å². The quantitative estimate of drug-likeness (QED) is 0.689. The zero-order valence-corrected chi connectivity index (χ0v) is 15.2. The summed E-state index contributed by atoms with van der Waals surface area (Å²) in [6.45, 7) is 0. The zero-order chi connectivity index (χ0) is 15.7. The Morgan fingerprint density at radius 1 is 1.09 bits per heavy atom. The van der Waals surface area contributed by atoms with Crippen molar-refractivity contribution in [3.8, 4) is 0 Å². The van der Waals surface area contributed by atoms with Crippen LogP contribution in [-0.2, 0) is 4.79 Å². The predicted octanol–water partition coefficient (Wildman–Crippen LogP) is 3.10. The molecule has 0 saturated heterocycles. The highest BCUT2D eigenvalue weighted by atomic mass is 79.9.